The van der Waals surface area contributed by atoms with E-state index in [1.54, 1.807) is 30.1 Å². The summed E-state index contributed by atoms with van der Waals surface area (Å²) >= 11 is 6.05. The Labute approximate surface area is 196 Å². The summed E-state index contributed by atoms with van der Waals surface area (Å²) in [4.78, 5) is 35.3. The van der Waals surface area contributed by atoms with Gasteiger partial charge in [0.05, 0.1) is 10.6 Å². The fourth-order valence-electron chi connectivity index (χ4n) is 5.42. The zero-order valence-electron chi connectivity index (χ0n) is 18.5. The lowest BCUT2D eigenvalue weighted by atomic mass is 9.61. The third-order valence-corrected chi connectivity index (χ3v) is 6.94. The molecule has 166 valence electrons. The molecule has 1 aromatic heterocycles. The molecule has 0 fully saturated rings. The number of para-hydroxylation sites is 1. The molecule has 0 unspecified atom stereocenters. The lowest BCUT2D eigenvalue weighted by molar-refractivity contribution is -0.124. The van der Waals surface area contributed by atoms with Crippen LogP contribution < -0.4 is 15.5 Å². The van der Waals surface area contributed by atoms with Crippen molar-refractivity contribution >= 4 is 34.8 Å². The Morgan fingerprint density at radius 3 is 2.55 bits per heavy atom. The van der Waals surface area contributed by atoms with Crippen molar-refractivity contribution in [3.63, 3.8) is 0 Å². The molecule has 1 spiro atoms. The predicted molar refractivity (Wildman–Crippen MR) is 125 cm³/mol. The second kappa shape index (κ2) is 6.93. The molecule has 8 heteroatoms. The van der Waals surface area contributed by atoms with Crippen LogP contribution in [0.1, 0.15) is 32.3 Å². The largest absolute Gasteiger partial charge is 0.384 e. The lowest BCUT2D eigenvalue weighted by Gasteiger charge is -2.46. The quantitative estimate of drug-likeness (QED) is 0.695. The Bertz CT molecular complexity index is 1340. The highest BCUT2D eigenvalue weighted by Gasteiger charge is 2.62. The topological polar surface area (TPSA) is 103 Å². The molecule has 3 aliphatic rings. The van der Waals surface area contributed by atoms with Crippen LogP contribution in [0.4, 0.5) is 11.5 Å². The van der Waals surface area contributed by atoms with E-state index >= 15 is 0 Å². The van der Waals surface area contributed by atoms with E-state index in [2.05, 4.69) is 11.1 Å². The van der Waals surface area contributed by atoms with Crippen molar-refractivity contribution in [1.29, 1.82) is 5.26 Å². The molecule has 33 heavy (non-hydrogen) atoms. The minimum absolute atomic E-state index is 0.0351. The van der Waals surface area contributed by atoms with E-state index in [4.69, 9.17) is 17.3 Å². The molecule has 1 aliphatic carbocycles. The van der Waals surface area contributed by atoms with Crippen LogP contribution in [0, 0.1) is 16.7 Å². The van der Waals surface area contributed by atoms with Crippen LogP contribution in [0.2, 0.25) is 5.02 Å². The summed E-state index contributed by atoms with van der Waals surface area (Å²) in [5, 5.41) is 10.8. The maximum absolute atomic E-state index is 14.0. The molecule has 0 bridgehead atoms. The van der Waals surface area contributed by atoms with E-state index in [0.717, 1.165) is 0 Å². The van der Waals surface area contributed by atoms with Gasteiger partial charge in [0.2, 0.25) is 5.91 Å². The molecule has 5 rings (SSSR count). The highest BCUT2D eigenvalue weighted by Crippen LogP contribution is 2.57. The number of anilines is 2. The number of ketones is 1. The van der Waals surface area contributed by atoms with Crippen molar-refractivity contribution in [2.75, 3.05) is 16.8 Å². The number of likely N-dealkylation sites (N-methyl/N-ethyl adjacent to an activating group) is 1. The van der Waals surface area contributed by atoms with Gasteiger partial charge in [0.15, 0.2) is 5.78 Å². The normalized spacial score (nSPS) is 23.7. The molecular formula is C25H22ClN5O2. The average Bonchev–Trinajstić information content (AvgIpc) is 2.97. The predicted octanol–water partition coefficient (Wildman–Crippen LogP) is 3.81. The molecule has 0 saturated carbocycles. The maximum atomic E-state index is 14.0. The summed E-state index contributed by atoms with van der Waals surface area (Å²) in [6.07, 6.45) is 2.23. The molecule has 2 aliphatic heterocycles. The fraction of sp³-hybridized carbons (Fsp3) is 0.280. The number of allylic oxidation sites excluding steroid dienone is 1. The summed E-state index contributed by atoms with van der Waals surface area (Å²) < 4.78 is 0. The first-order chi connectivity index (χ1) is 15.6. The molecular weight excluding hydrogens is 438 g/mol. The first-order valence-corrected chi connectivity index (χ1v) is 11.0. The molecule has 3 heterocycles. The van der Waals surface area contributed by atoms with Gasteiger partial charge in [0.1, 0.15) is 23.1 Å². The second-order valence-corrected chi connectivity index (χ2v) is 9.87. The Balaban J connectivity index is 1.91. The number of nitriles is 1. The highest BCUT2D eigenvalue weighted by molar-refractivity contribution is 6.30. The van der Waals surface area contributed by atoms with E-state index in [9.17, 15) is 14.9 Å². The summed E-state index contributed by atoms with van der Waals surface area (Å²) in [6.45, 7) is 4.01. The molecule has 2 N–H and O–H groups in total. The number of halogens is 1. The van der Waals surface area contributed by atoms with E-state index in [1.165, 1.54) is 11.1 Å². The van der Waals surface area contributed by atoms with Gasteiger partial charge >= 0.3 is 0 Å². The maximum Gasteiger partial charge on any atom is 0.247 e. The van der Waals surface area contributed by atoms with Crippen LogP contribution in [0.25, 0.3) is 0 Å². The molecule has 1 amide bonds. The number of hydrogen-bond donors (Lipinski definition) is 1. The van der Waals surface area contributed by atoms with Gasteiger partial charge in [-0.05, 0) is 30.0 Å². The summed E-state index contributed by atoms with van der Waals surface area (Å²) in [5.41, 5.74) is 6.92. The van der Waals surface area contributed by atoms with Crippen molar-refractivity contribution in [1.82, 2.24) is 4.98 Å². The van der Waals surface area contributed by atoms with Crippen LogP contribution in [-0.2, 0) is 15.0 Å². The monoisotopic (exact) mass is 459 g/mol. The Morgan fingerprint density at radius 2 is 1.88 bits per heavy atom. The number of pyridine rings is 1. The summed E-state index contributed by atoms with van der Waals surface area (Å²) in [7, 11) is 1.66. The second-order valence-electron chi connectivity index (χ2n) is 9.44. The van der Waals surface area contributed by atoms with Crippen molar-refractivity contribution in [3.05, 3.63) is 75.8 Å². The molecule has 1 atom stereocenters. The first-order valence-electron chi connectivity index (χ1n) is 10.6. The SMILES string of the molecule is CN1C(=O)[C@]2(C(C#N)=C(N)N(c3ccc(Cl)cn3)C3=C2C(=O)CC(C)(C)C3)c2ccccc21. The van der Waals surface area contributed by atoms with Crippen LogP contribution in [0.3, 0.4) is 0 Å². The number of nitrogens with two attached hydrogens (primary N) is 1. The number of Topliss-reactive ketones (excluding diaryl/α,β-unsaturated/α-hetero) is 1. The minimum atomic E-state index is -1.57. The number of rotatable bonds is 1. The van der Waals surface area contributed by atoms with Gasteiger partial charge in [-0.3, -0.25) is 14.5 Å². The number of aromatic nitrogens is 1. The van der Waals surface area contributed by atoms with Crippen molar-refractivity contribution < 1.29 is 9.59 Å². The number of benzene rings is 1. The first kappa shape index (κ1) is 21.2. The van der Waals surface area contributed by atoms with E-state index in [-0.39, 0.29) is 34.9 Å². The minimum Gasteiger partial charge on any atom is -0.384 e. The van der Waals surface area contributed by atoms with Crippen molar-refractivity contribution in [2.45, 2.75) is 32.1 Å². The van der Waals surface area contributed by atoms with Crippen LogP contribution in [-0.4, -0.2) is 23.7 Å². The zero-order chi connectivity index (χ0) is 23.7. The Hall–Kier alpha value is -3.63. The summed E-state index contributed by atoms with van der Waals surface area (Å²) in [6, 6.07) is 12.8. The number of hydrogen-bond acceptors (Lipinski definition) is 6. The van der Waals surface area contributed by atoms with Crippen molar-refractivity contribution in [3.8, 4) is 6.07 Å². The van der Waals surface area contributed by atoms with Crippen LogP contribution >= 0.6 is 11.6 Å². The third-order valence-electron chi connectivity index (χ3n) is 6.72. The zero-order valence-corrected chi connectivity index (χ0v) is 19.3. The fourth-order valence-corrected chi connectivity index (χ4v) is 5.54. The summed E-state index contributed by atoms with van der Waals surface area (Å²) in [5.74, 6) is 0.00555. The van der Waals surface area contributed by atoms with Crippen LogP contribution in [0.5, 0.6) is 0 Å². The molecule has 0 saturated heterocycles. The van der Waals surface area contributed by atoms with Gasteiger partial charge in [-0.2, -0.15) is 5.26 Å². The Morgan fingerprint density at radius 1 is 1.15 bits per heavy atom. The number of fused-ring (bicyclic) bond motifs is 3. The number of amides is 1. The van der Waals surface area contributed by atoms with E-state index < -0.39 is 5.41 Å². The molecule has 7 nitrogen and oxygen atoms in total. The smallest absolute Gasteiger partial charge is 0.247 e. The van der Waals surface area contributed by atoms with Gasteiger partial charge in [-0.25, -0.2) is 4.98 Å². The average molecular weight is 460 g/mol. The number of carbonyl (C=O) groups excluding carboxylic acids is 2. The molecule has 0 radical (unpaired) electrons. The van der Waals surface area contributed by atoms with Crippen LogP contribution in [0.15, 0.2) is 65.3 Å². The third kappa shape index (κ3) is 2.71. The number of carbonyl (C=O) groups is 2. The van der Waals surface area contributed by atoms with Gasteiger partial charge in [-0.15, -0.1) is 0 Å². The standard InChI is InChI=1S/C25H22ClN5O2/c1-24(2)10-18-21(19(32)11-24)25(15-6-4-5-7-17(15)30(3)23(25)33)16(12-27)22(28)31(18)20-9-8-14(26)13-29-20/h4-9,13H,10-11,28H2,1-3H3/t25-/m0/s1. The Kier molecular flexibility index (Phi) is 4.46. The van der Waals surface area contributed by atoms with E-state index in [0.29, 0.717) is 39.8 Å². The van der Waals surface area contributed by atoms with E-state index in [1.807, 2.05) is 32.0 Å². The lowest BCUT2D eigenvalue weighted by Crippen LogP contribution is -2.53. The van der Waals surface area contributed by atoms with Crippen molar-refractivity contribution in [2.24, 2.45) is 11.1 Å². The highest BCUT2D eigenvalue weighted by atomic mass is 35.5. The van der Waals surface area contributed by atoms with Gasteiger partial charge < -0.3 is 10.6 Å². The molecule has 1 aromatic carbocycles. The number of nitrogens with zero attached hydrogens (tertiary/aromatic N) is 4. The molecule has 2 aromatic rings. The van der Waals surface area contributed by atoms with Gasteiger partial charge in [0.25, 0.3) is 0 Å². The van der Waals surface area contributed by atoms with Gasteiger partial charge in [0, 0.05) is 42.2 Å². The van der Waals surface area contributed by atoms with Gasteiger partial charge in [-0.1, -0.05) is 43.6 Å².